The van der Waals surface area contributed by atoms with Crippen LogP contribution in [0.15, 0.2) is 24.3 Å². The molecule has 2 fully saturated rings. The van der Waals surface area contributed by atoms with Crippen LogP contribution in [0.25, 0.3) is 0 Å². The topological polar surface area (TPSA) is 26.0 Å². The Morgan fingerprint density at radius 1 is 1.06 bits per heavy atom. The molecule has 2 N–H and O–H groups in total. The minimum atomic E-state index is 0.242. The van der Waals surface area contributed by atoms with Crippen LogP contribution in [-0.4, -0.2) is 6.54 Å². The number of hydrogen-bond acceptors (Lipinski definition) is 1. The van der Waals surface area contributed by atoms with Crippen LogP contribution in [0.4, 0.5) is 0 Å². The van der Waals surface area contributed by atoms with E-state index in [9.17, 15) is 0 Å². The van der Waals surface area contributed by atoms with Crippen molar-refractivity contribution in [2.75, 3.05) is 6.54 Å². The van der Waals surface area contributed by atoms with E-state index in [-0.39, 0.29) is 5.41 Å². The molecule has 1 nitrogen and oxygen atoms in total. The molecule has 2 aliphatic rings. The van der Waals surface area contributed by atoms with Crippen LogP contribution in [0.3, 0.4) is 0 Å². The van der Waals surface area contributed by atoms with Crippen LogP contribution in [0, 0.1) is 5.41 Å². The molecule has 0 saturated heterocycles. The molecule has 1 aromatic carbocycles. The lowest BCUT2D eigenvalue weighted by Crippen LogP contribution is -2.48. The molecule has 0 bridgehead atoms. The minimum Gasteiger partial charge on any atom is -0.330 e. The monoisotopic (exact) mass is 243 g/mol. The summed E-state index contributed by atoms with van der Waals surface area (Å²) in [4.78, 5) is 0. The van der Waals surface area contributed by atoms with Crippen molar-refractivity contribution < 1.29 is 0 Å². The fraction of sp³-hybridized carbons (Fsp3) is 0.647. The Labute approximate surface area is 111 Å². The van der Waals surface area contributed by atoms with E-state index in [0.717, 1.165) is 6.54 Å². The maximum atomic E-state index is 6.07. The van der Waals surface area contributed by atoms with Crippen LogP contribution in [0.2, 0.25) is 0 Å². The van der Waals surface area contributed by atoms with E-state index in [2.05, 4.69) is 45.0 Å². The zero-order chi connectivity index (χ0) is 13.0. The summed E-state index contributed by atoms with van der Waals surface area (Å²) in [5.74, 6) is 0. The maximum absolute atomic E-state index is 6.07. The Kier molecular flexibility index (Phi) is 2.45. The molecule has 1 heteroatoms. The molecule has 18 heavy (non-hydrogen) atoms. The molecule has 0 atom stereocenters. The van der Waals surface area contributed by atoms with E-state index in [1.54, 1.807) is 0 Å². The van der Waals surface area contributed by atoms with Gasteiger partial charge in [0.05, 0.1) is 0 Å². The van der Waals surface area contributed by atoms with Gasteiger partial charge in [-0.1, -0.05) is 45.0 Å². The molecule has 0 heterocycles. The van der Waals surface area contributed by atoms with Gasteiger partial charge in [0.2, 0.25) is 0 Å². The van der Waals surface area contributed by atoms with Crippen molar-refractivity contribution in [3.05, 3.63) is 35.4 Å². The van der Waals surface area contributed by atoms with Gasteiger partial charge in [0, 0.05) is 12.0 Å². The lowest BCUT2D eigenvalue weighted by Gasteiger charge is -2.49. The predicted molar refractivity (Wildman–Crippen MR) is 76.8 cm³/mol. The van der Waals surface area contributed by atoms with Crippen molar-refractivity contribution in [3.63, 3.8) is 0 Å². The molecular weight excluding hydrogens is 218 g/mol. The summed E-state index contributed by atoms with van der Waals surface area (Å²) in [5.41, 5.74) is 10.2. The van der Waals surface area contributed by atoms with Gasteiger partial charge in [-0.2, -0.15) is 0 Å². The molecule has 98 valence electrons. The first kappa shape index (κ1) is 12.2. The molecule has 2 saturated carbocycles. The third kappa shape index (κ3) is 1.80. The van der Waals surface area contributed by atoms with Gasteiger partial charge in [-0.25, -0.2) is 0 Å². The van der Waals surface area contributed by atoms with Gasteiger partial charge in [-0.15, -0.1) is 0 Å². The summed E-state index contributed by atoms with van der Waals surface area (Å²) in [6.45, 7) is 7.61. The Bertz CT molecular complexity index is 437. The van der Waals surface area contributed by atoms with E-state index in [4.69, 9.17) is 5.73 Å². The van der Waals surface area contributed by atoms with E-state index < -0.39 is 0 Å². The second-order valence-corrected chi connectivity index (χ2v) is 7.67. The van der Waals surface area contributed by atoms with Gasteiger partial charge >= 0.3 is 0 Å². The zero-order valence-electron chi connectivity index (χ0n) is 11.9. The average Bonchev–Trinajstić information content (AvgIpc) is 3.05. The lowest BCUT2D eigenvalue weighted by molar-refractivity contribution is 0.126. The normalized spacial score (nSPS) is 23.8. The highest BCUT2D eigenvalue weighted by molar-refractivity contribution is 5.37. The van der Waals surface area contributed by atoms with Crippen molar-refractivity contribution in [3.8, 4) is 0 Å². The molecule has 3 rings (SSSR count). The molecule has 2 aliphatic carbocycles. The molecule has 0 radical (unpaired) electrons. The van der Waals surface area contributed by atoms with Gasteiger partial charge in [0.15, 0.2) is 0 Å². The SMILES string of the molecule is CC(C)(C)c1ccc(C2(CN)CC3(CC3)C2)cc1. The lowest BCUT2D eigenvalue weighted by atomic mass is 9.56. The second-order valence-electron chi connectivity index (χ2n) is 7.67. The third-order valence-electron chi connectivity index (χ3n) is 5.14. The minimum absolute atomic E-state index is 0.242. The Balaban J connectivity index is 1.84. The fourth-order valence-electron chi connectivity index (χ4n) is 3.70. The summed E-state index contributed by atoms with van der Waals surface area (Å²) >= 11 is 0. The van der Waals surface area contributed by atoms with Crippen LogP contribution in [-0.2, 0) is 10.8 Å². The maximum Gasteiger partial charge on any atom is 0.00861 e. The van der Waals surface area contributed by atoms with E-state index >= 15 is 0 Å². The smallest absolute Gasteiger partial charge is 0.00861 e. The van der Waals surface area contributed by atoms with Crippen molar-refractivity contribution in [1.29, 1.82) is 0 Å². The van der Waals surface area contributed by atoms with Gasteiger partial charge in [0.1, 0.15) is 0 Å². The number of nitrogens with two attached hydrogens (primary N) is 1. The average molecular weight is 243 g/mol. The zero-order valence-corrected chi connectivity index (χ0v) is 11.9. The number of rotatable bonds is 2. The van der Waals surface area contributed by atoms with E-state index in [1.807, 2.05) is 0 Å². The van der Waals surface area contributed by atoms with Crippen molar-refractivity contribution in [2.45, 2.75) is 57.3 Å². The molecule has 0 aliphatic heterocycles. The summed E-state index contributed by atoms with van der Waals surface area (Å²) in [5, 5.41) is 0. The number of benzene rings is 1. The van der Waals surface area contributed by atoms with Crippen molar-refractivity contribution in [1.82, 2.24) is 0 Å². The second kappa shape index (κ2) is 3.60. The van der Waals surface area contributed by atoms with Gasteiger partial charge in [-0.05, 0) is 47.6 Å². The van der Waals surface area contributed by atoms with E-state index in [0.29, 0.717) is 10.8 Å². The first-order valence-electron chi connectivity index (χ1n) is 7.20. The fourth-order valence-corrected chi connectivity index (χ4v) is 3.70. The first-order chi connectivity index (χ1) is 8.39. The highest BCUT2D eigenvalue weighted by Crippen LogP contribution is 2.68. The van der Waals surface area contributed by atoms with Crippen molar-refractivity contribution in [2.24, 2.45) is 11.1 Å². The summed E-state index contributed by atoms with van der Waals surface area (Å²) in [6, 6.07) is 9.24. The third-order valence-corrected chi connectivity index (χ3v) is 5.14. The largest absolute Gasteiger partial charge is 0.330 e. The molecule has 0 unspecified atom stereocenters. The summed E-state index contributed by atoms with van der Waals surface area (Å²) < 4.78 is 0. The van der Waals surface area contributed by atoms with E-state index in [1.165, 1.54) is 36.8 Å². The van der Waals surface area contributed by atoms with Crippen LogP contribution in [0.5, 0.6) is 0 Å². The molecule has 1 aromatic rings. The van der Waals surface area contributed by atoms with Crippen LogP contribution in [0.1, 0.15) is 57.6 Å². The first-order valence-corrected chi connectivity index (χ1v) is 7.20. The molecule has 0 amide bonds. The predicted octanol–water partition coefficient (Wildman–Crippen LogP) is 3.75. The molecule has 0 aromatic heterocycles. The highest BCUT2D eigenvalue weighted by atomic mass is 14.7. The van der Waals surface area contributed by atoms with Gasteiger partial charge < -0.3 is 5.73 Å². The Morgan fingerprint density at radius 3 is 2.00 bits per heavy atom. The Morgan fingerprint density at radius 2 is 1.61 bits per heavy atom. The van der Waals surface area contributed by atoms with Gasteiger partial charge in [-0.3, -0.25) is 0 Å². The Hall–Kier alpha value is -0.820. The summed E-state index contributed by atoms with van der Waals surface area (Å²) in [6.07, 6.45) is 5.53. The summed E-state index contributed by atoms with van der Waals surface area (Å²) in [7, 11) is 0. The number of hydrogen-bond donors (Lipinski definition) is 1. The molecule has 1 spiro atoms. The molecular formula is C17H25N. The van der Waals surface area contributed by atoms with Crippen molar-refractivity contribution >= 4 is 0 Å². The standard InChI is InChI=1S/C17H25N/c1-15(2,3)13-4-6-14(7-5-13)17(12-18)10-16(11-17)8-9-16/h4-7H,8-12,18H2,1-3H3. The van der Waals surface area contributed by atoms with Crippen LogP contribution < -0.4 is 5.73 Å². The van der Waals surface area contributed by atoms with Crippen LogP contribution >= 0.6 is 0 Å². The van der Waals surface area contributed by atoms with Gasteiger partial charge in [0.25, 0.3) is 0 Å². The quantitative estimate of drug-likeness (QED) is 0.841. The highest BCUT2D eigenvalue weighted by Gasteiger charge is 2.60.